The summed E-state index contributed by atoms with van der Waals surface area (Å²) in [6.07, 6.45) is 10.1. The van der Waals surface area contributed by atoms with Crippen molar-refractivity contribution in [3.63, 3.8) is 0 Å². The second kappa shape index (κ2) is 18.2. The van der Waals surface area contributed by atoms with Gasteiger partial charge >= 0.3 is 0 Å². The molecule has 5 aromatic rings. The highest BCUT2D eigenvalue weighted by Gasteiger charge is 2.21. The maximum absolute atomic E-state index is 12.6. The summed E-state index contributed by atoms with van der Waals surface area (Å²) in [7, 11) is 0. The number of fused-ring (bicyclic) bond motifs is 4. The van der Waals surface area contributed by atoms with E-state index in [-0.39, 0.29) is 5.43 Å². The third kappa shape index (κ3) is 9.25. The molecule has 0 bridgehead atoms. The van der Waals surface area contributed by atoms with E-state index in [0.717, 1.165) is 41.2 Å². The van der Waals surface area contributed by atoms with Gasteiger partial charge in [-0.15, -0.1) is 11.3 Å². The Hall–Kier alpha value is -3.71. The Morgan fingerprint density at radius 1 is 0.792 bits per heavy atom. The molecule has 0 radical (unpaired) electrons. The molecule has 0 N–H and O–H groups in total. The van der Waals surface area contributed by atoms with Crippen molar-refractivity contribution in [2.45, 2.75) is 55.2 Å². The van der Waals surface area contributed by atoms with Crippen molar-refractivity contribution in [1.82, 2.24) is 0 Å². The van der Waals surface area contributed by atoms with Gasteiger partial charge in [0.15, 0.2) is 5.43 Å². The Balaban J connectivity index is 0.000000145. The molecule has 2 aliphatic rings. The Morgan fingerprint density at radius 2 is 1.35 bits per heavy atom. The molecule has 2 heterocycles. The number of halogens is 1. The lowest BCUT2D eigenvalue weighted by Crippen LogP contribution is -2.20. The van der Waals surface area contributed by atoms with Crippen molar-refractivity contribution in [1.29, 1.82) is 0 Å². The van der Waals surface area contributed by atoms with E-state index in [1.54, 1.807) is 17.4 Å². The second-order valence-corrected chi connectivity index (χ2v) is 14.4. The lowest BCUT2D eigenvalue weighted by Gasteiger charge is -2.27. The molecule has 0 amide bonds. The average molecular weight is 699 g/mol. The number of benzene rings is 4. The molecule has 1 aromatic heterocycles. The lowest BCUT2D eigenvalue weighted by molar-refractivity contribution is 0.114. The Bertz CT molecular complexity index is 1770. The zero-order valence-corrected chi connectivity index (χ0v) is 29.9. The summed E-state index contributed by atoms with van der Waals surface area (Å²) in [6, 6.07) is 28.5. The van der Waals surface area contributed by atoms with E-state index in [2.05, 4.69) is 68.6 Å². The fourth-order valence-electron chi connectivity index (χ4n) is 5.96. The molecule has 1 aliphatic heterocycles. The smallest absolute Gasteiger partial charge is 0.197 e. The van der Waals surface area contributed by atoms with Gasteiger partial charge in [-0.25, -0.2) is 0 Å². The lowest BCUT2D eigenvalue weighted by atomic mass is 9.83. The fourth-order valence-corrected chi connectivity index (χ4v) is 8.50. The number of hydrogen-bond acceptors (Lipinski definition) is 6. The van der Waals surface area contributed by atoms with Crippen LogP contribution in [0.3, 0.4) is 0 Å². The highest BCUT2D eigenvalue weighted by Crippen LogP contribution is 2.39. The topological polar surface area (TPSA) is 44.8 Å². The summed E-state index contributed by atoms with van der Waals surface area (Å²) in [5.74, 6) is 2.17. The normalized spacial score (nSPS) is 16.2. The van der Waals surface area contributed by atoms with E-state index in [1.807, 2.05) is 42.1 Å². The van der Waals surface area contributed by atoms with Gasteiger partial charge in [-0.05, 0) is 97.9 Å². The summed E-state index contributed by atoms with van der Waals surface area (Å²) in [4.78, 5) is 15.4. The number of hydrogen-bond donors (Lipinski definition) is 0. The van der Waals surface area contributed by atoms with E-state index in [1.165, 1.54) is 59.1 Å². The molecule has 1 saturated carbocycles. The standard InChI is InChI=1S/C16H13ClO2S.C13H10S.C12H20O2/c1-2-9-19-12-8-7-11(17)14-15(18)10-5-3-4-6-13(10)20-16(12)14;1-3-7-12-10(5-1)9-11-6-2-4-8-13(11)14-12;1-3-13-9-11-5-7-12(8-6-11)10-14-4-2/h3-8H,2,9H2,1H3;1-8H,9H2;3-4,11-12H,1-2,5-10H2. The van der Waals surface area contributed by atoms with E-state index in [9.17, 15) is 4.79 Å². The quantitative estimate of drug-likeness (QED) is 0.111. The number of ether oxygens (including phenoxy) is 3. The molecule has 48 heavy (non-hydrogen) atoms. The van der Waals surface area contributed by atoms with E-state index in [0.29, 0.717) is 34.2 Å². The molecule has 4 aromatic carbocycles. The van der Waals surface area contributed by atoms with Gasteiger partial charge in [0.05, 0.1) is 47.5 Å². The van der Waals surface area contributed by atoms with Crippen LogP contribution in [0.4, 0.5) is 0 Å². The van der Waals surface area contributed by atoms with Gasteiger partial charge in [0.25, 0.3) is 0 Å². The molecule has 250 valence electrons. The third-order valence-corrected chi connectivity index (χ3v) is 11.3. The maximum atomic E-state index is 12.6. The van der Waals surface area contributed by atoms with Crippen molar-refractivity contribution in [2.24, 2.45) is 11.8 Å². The highest BCUT2D eigenvalue weighted by molar-refractivity contribution is 7.99. The molecule has 0 spiro atoms. The summed E-state index contributed by atoms with van der Waals surface area (Å²) in [5.41, 5.74) is 2.88. The van der Waals surface area contributed by atoms with Crippen LogP contribution in [0.2, 0.25) is 5.02 Å². The Labute approximate surface area is 297 Å². The van der Waals surface area contributed by atoms with Gasteiger partial charge in [-0.3, -0.25) is 4.79 Å². The minimum absolute atomic E-state index is 0.0266. The van der Waals surface area contributed by atoms with E-state index >= 15 is 0 Å². The van der Waals surface area contributed by atoms with Gasteiger partial charge < -0.3 is 14.2 Å². The van der Waals surface area contributed by atoms with E-state index < -0.39 is 0 Å². The summed E-state index contributed by atoms with van der Waals surface area (Å²) in [5, 5.41) is 1.75. The summed E-state index contributed by atoms with van der Waals surface area (Å²) in [6.45, 7) is 11.4. The average Bonchev–Trinajstić information content (AvgIpc) is 3.13. The first-order valence-corrected chi connectivity index (χ1v) is 18.6. The maximum Gasteiger partial charge on any atom is 0.197 e. The second-order valence-electron chi connectivity index (χ2n) is 11.9. The fraction of sp³-hybridized carbons (Fsp3) is 0.293. The van der Waals surface area contributed by atoms with Crippen LogP contribution in [0.15, 0.2) is 125 Å². The zero-order chi connectivity index (χ0) is 33.7. The Morgan fingerprint density at radius 3 is 1.94 bits per heavy atom. The van der Waals surface area contributed by atoms with Crippen molar-refractivity contribution in [3.8, 4) is 5.75 Å². The summed E-state index contributed by atoms with van der Waals surface area (Å²) >= 11 is 9.65. The first-order chi connectivity index (χ1) is 23.5. The van der Waals surface area contributed by atoms with Gasteiger partial charge in [-0.1, -0.05) is 92.0 Å². The highest BCUT2D eigenvalue weighted by atomic mass is 35.5. The van der Waals surface area contributed by atoms with Crippen LogP contribution >= 0.6 is 34.7 Å². The third-order valence-electron chi connectivity index (χ3n) is 8.52. The molecule has 0 unspecified atom stereocenters. The Kier molecular flexibility index (Phi) is 13.5. The minimum atomic E-state index is -0.0266. The first-order valence-electron chi connectivity index (χ1n) is 16.6. The van der Waals surface area contributed by atoms with Crippen LogP contribution in [0.25, 0.3) is 20.2 Å². The predicted molar refractivity (Wildman–Crippen MR) is 204 cm³/mol. The van der Waals surface area contributed by atoms with Gasteiger partial charge in [0.2, 0.25) is 0 Å². The van der Waals surface area contributed by atoms with Crippen molar-refractivity contribution in [2.75, 3.05) is 19.8 Å². The van der Waals surface area contributed by atoms with Gasteiger partial charge in [0, 0.05) is 19.9 Å². The molecule has 7 heteroatoms. The van der Waals surface area contributed by atoms with Crippen LogP contribution in [-0.4, -0.2) is 19.8 Å². The molecule has 0 saturated heterocycles. The molecule has 0 atom stereocenters. The van der Waals surface area contributed by atoms with Crippen molar-refractivity contribution < 1.29 is 14.2 Å². The largest absolute Gasteiger partial charge is 0.502 e. The molecule has 1 fully saturated rings. The van der Waals surface area contributed by atoms with Crippen LogP contribution in [0.5, 0.6) is 5.75 Å². The SMILES string of the molecule is C=COCC1CCC(COC=C)CC1.CCCOc1ccc(Cl)c2c(=O)c3ccccc3sc12.c1ccc2c(c1)Cc1ccccc1S2. The van der Waals surface area contributed by atoms with Crippen molar-refractivity contribution in [3.05, 3.63) is 137 Å². The van der Waals surface area contributed by atoms with Crippen molar-refractivity contribution >= 4 is 54.9 Å². The summed E-state index contributed by atoms with van der Waals surface area (Å²) < 4.78 is 17.9. The van der Waals surface area contributed by atoms with Crippen LogP contribution < -0.4 is 10.2 Å². The zero-order valence-electron chi connectivity index (χ0n) is 27.5. The van der Waals surface area contributed by atoms with Gasteiger partial charge in [0.1, 0.15) is 5.75 Å². The van der Waals surface area contributed by atoms with Crippen LogP contribution in [0, 0.1) is 11.8 Å². The van der Waals surface area contributed by atoms with Crippen LogP contribution in [0.1, 0.15) is 50.2 Å². The molecule has 7 rings (SSSR count). The monoisotopic (exact) mass is 698 g/mol. The van der Waals surface area contributed by atoms with Crippen LogP contribution in [-0.2, 0) is 15.9 Å². The molecule has 1 aliphatic carbocycles. The molecular weight excluding hydrogens is 656 g/mol. The van der Waals surface area contributed by atoms with E-state index in [4.69, 9.17) is 25.8 Å². The predicted octanol–water partition coefficient (Wildman–Crippen LogP) is 11.7. The minimum Gasteiger partial charge on any atom is -0.502 e. The molecule has 4 nitrogen and oxygen atoms in total. The first kappa shape index (κ1) is 35.6. The van der Waals surface area contributed by atoms with Gasteiger partial charge in [-0.2, -0.15) is 0 Å². The number of rotatable bonds is 9. The molecular formula is C41H43ClO4S2.